The maximum absolute atomic E-state index is 9.07. The van der Waals surface area contributed by atoms with Crippen LogP contribution >= 0.6 is 0 Å². The molecular formula is C10H20O2. The van der Waals surface area contributed by atoms with Crippen molar-refractivity contribution in [1.82, 2.24) is 0 Å². The van der Waals surface area contributed by atoms with Crippen LogP contribution in [-0.2, 0) is 4.74 Å². The third-order valence-electron chi connectivity index (χ3n) is 2.48. The van der Waals surface area contributed by atoms with Gasteiger partial charge in [-0.1, -0.05) is 13.8 Å². The Labute approximate surface area is 74.9 Å². The summed E-state index contributed by atoms with van der Waals surface area (Å²) in [5.41, 5.74) is 0.0298. The summed E-state index contributed by atoms with van der Waals surface area (Å²) in [6, 6.07) is 0. The largest absolute Gasteiger partial charge is 0.396 e. The summed E-state index contributed by atoms with van der Waals surface area (Å²) in [6.07, 6.45) is 5.04. The molecule has 0 aromatic heterocycles. The van der Waals surface area contributed by atoms with Crippen LogP contribution in [-0.4, -0.2) is 24.4 Å². The molecule has 2 heteroatoms. The van der Waals surface area contributed by atoms with E-state index in [0.717, 1.165) is 13.0 Å². The smallest absolute Gasteiger partial charge is 0.0581 e. The molecule has 1 rings (SSSR count). The van der Waals surface area contributed by atoms with E-state index in [4.69, 9.17) is 9.84 Å². The zero-order valence-corrected chi connectivity index (χ0v) is 8.18. The highest BCUT2D eigenvalue weighted by atomic mass is 16.5. The second kappa shape index (κ2) is 4.24. The predicted molar refractivity (Wildman–Crippen MR) is 49.1 cm³/mol. The van der Waals surface area contributed by atoms with Crippen LogP contribution in [0.15, 0.2) is 0 Å². The standard InChI is InChI=1S/C10H20O2/c1-10(2,8-11)7-9-5-3-4-6-12-9/h9,11H,3-8H2,1-2H3/t9-/m1/s1. The van der Waals surface area contributed by atoms with E-state index in [-0.39, 0.29) is 12.0 Å². The number of hydrogen-bond donors (Lipinski definition) is 1. The summed E-state index contributed by atoms with van der Waals surface area (Å²) in [5, 5.41) is 9.07. The molecular weight excluding hydrogens is 152 g/mol. The van der Waals surface area contributed by atoms with Crippen molar-refractivity contribution in [3.63, 3.8) is 0 Å². The highest BCUT2D eigenvalue weighted by molar-refractivity contribution is 4.74. The Morgan fingerprint density at radius 3 is 2.67 bits per heavy atom. The molecule has 0 aromatic carbocycles. The van der Waals surface area contributed by atoms with Gasteiger partial charge in [-0.2, -0.15) is 0 Å². The molecule has 2 nitrogen and oxygen atoms in total. The van der Waals surface area contributed by atoms with E-state index in [1.54, 1.807) is 0 Å². The van der Waals surface area contributed by atoms with E-state index < -0.39 is 0 Å². The number of aliphatic hydroxyl groups excluding tert-OH is 1. The zero-order valence-electron chi connectivity index (χ0n) is 8.18. The molecule has 0 amide bonds. The molecule has 0 radical (unpaired) electrons. The fourth-order valence-corrected chi connectivity index (χ4v) is 1.65. The number of rotatable bonds is 3. The predicted octanol–water partition coefficient (Wildman–Crippen LogP) is 1.96. The minimum Gasteiger partial charge on any atom is -0.396 e. The van der Waals surface area contributed by atoms with Gasteiger partial charge in [-0.3, -0.25) is 0 Å². The second-order valence-corrected chi connectivity index (χ2v) is 4.52. The molecule has 0 aliphatic carbocycles. The molecule has 1 aliphatic heterocycles. The van der Waals surface area contributed by atoms with Gasteiger partial charge in [0, 0.05) is 13.2 Å². The molecule has 0 bridgehead atoms. The van der Waals surface area contributed by atoms with Crippen molar-refractivity contribution in [2.45, 2.75) is 45.6 Å². The van der Waals surface area contributed by atoms with E-state index in [1.165, 1.54) is 19.3 Å². The number of aliphatic hydroxyl groups is 1. The fourth-order valence-electron chi connectivity index (χ4n) is 1.65. The van der Waals surface area contributed by atoms with Crippen molar-refractivity contribution in [3.05, 3.63) is 0 Å². The van der Waals surface area contributed by atoms with Gasteiger partial charge in [0.1, 0.15) is 0 Å². The first-order valence-electron chi connectivity index (χ1n) is 4.86. The summed E-state index contributed by atoms with van der Waals surface area (Å²) >= 11 is 0. The molecule has 1 fully saturated rings. The van der Waals surface area contributed by atoms with Crippen LogP contribution in [0.3, 0.4) is 0 Å². The van der Waals surface area contributed by atoms with Crippen molar-refractivity contribution in [1.29, 1.82) is 0 Å². The van der Waals surface area contributed by atoms with E-state index >= 15 is 0 Å². The maximum atomic E-state index is 9.07. The lowest BCUT2D eigenvalue weighted by Gasteiger charge is -2.30. The molecule has 0 spiro atoms. The van der Waals surface area contributed by atoms with E-state index in [2.05, 4.69) is 13.8 Å². The zero-order chi connectivity index (χ0) is 9.03. The topological polar surface area (TPSA) is 29.5 Å². The Morgan fingerprint density at radius 1 is 1.42 bits per heavy atom. The van der Waals surface area contributed by atoms with Crippen LogP contribution in [0.5, 0.6) is 0 Å². The molecule has 0 aromatic rings. The monoisotopic (exact) mass is 172 g/mol. The Balaban J connectivity index is 2.28. The minimum absolute atomic E-state index is 0.0298. The summed E-state index contributed by atoms with van der Waals surface area (Å²) < 4.78 is 5.60. The van der Waals surface area contributed by atoms with Crippen LogP contribution in [0.25, 0.3) is 0 Å². The summed E-state index contributed by atoms with van der Waals surface area (Å²) in [4.78, 5) is 0. The van der Waals surface area contributed by atoms with E-state index in [9.17, 15) is 0 Å². The van der Waals surface area contributed by atoms with Crippen molar-refractivity contribution < 1.29 is 9.84 Å². The van der Waals surface area contributed by atoms with Gasteiger partial charge in [0.15, 0.2) is 0 Å². The Hall–Kier alpha value is -0.0800. The first-order valence-corrected chi connectivity index (χ1v) is 4.86. The molecule has 1 N–H and O–H groups in total. The van der Waals surface area contributed by atoms with Gasteiger partial charge in [0.25, 0.3) is 0 Å². The summed E-state index contributed by atoms with van der Waals surface area (Å²) in [7, 11) is 0. The van der Waals surface area contributed by atoms with Gasteiger partial charge in [-0.25, -0.2) is 0 Å². The Kier molecular flexibility index (Phi) is 3.53. The molecule has 0 saturated carbocycles. The summed E-state index contributed by atoms with van der Waals surface area (Å²) in [5.74, 6) is 0. The quantitative estimate of drug-likeness (QED) is 0.705. The molecule has 0 unspecified atom stereocenters. The van der Waals surface area contributed by atoms with Gasteiger partial charge < -0.3 is 9.84 Å². The van der Waals surface area contributed by atoms with Crippen LogP contribution in [0, 0.1) is 5.41 Å². The maximum Gasteiger partial charge on any atom is 0.0581 e. The molecule has 1 aliphatic rings. The first-order chi connectivity index (χ1) is 5.64. The minimum atomic E-state index is 0.0298. The van der Waals surface area contributed by atoms with Crippen molar-refractivity contribution in [2.24, 2.45) is 5.41 Å². The van der Waals surface area contributed by atoms with Gasteiger partial charge in [-0.15, -0.1) is 0 Å². The molecule has 1 heterocycles. The first kappa shape index (κ1) is 10.0. The van der Waals surface area contributed by atoms with E-state index in [0.29, 0.717) is 6.10 Å². The average molecular weight is 172 g/mol. The van der Waals surface area contributed by atoms with Crippen LogP contribution in [0.4, 0.5) is 0 Å². The average Bonchev–Trinajstić information content (AvgIpc) is 2.06. The molecule has 72 valence electrons. The van der Waals surface area contributed by atoms with E-state index in [1.807, 2.05) is 0 Å². The Morgan fingerprint density at radius 2 is 2.17 bits per heavy atom. The third kappa shape index (κ3) is 3.11. The lowest BCUT2D eigenvalue weighted by Crippen LogP contribution is -2.28. The van der Waals surface area contributed by atoms with Gasteiger partial charge in [0.2, 0.25) is 0 Å². The summed E-state index contributed by atoms with van der Waals surface area (Å²) in [6.45, 7) is 5.34. The third-order valence-corrected chi connectivity index (χ3v) is 2.48. The van der Waals surface area contributed by atoms with Crippen LogP contribution in [0.1, 0.15) is 39.5 Å². The van der Waals surface area contributed by atoms with Crippen LogP contribution < -0.4 is 0 Å². The lowest BCUT2D eigenvalue weighted by atomic mass is 9.85. The lowest BCUT2D eigenvalue weighted by molar-refractivity contribution is -0.0195. The number of ether oxygens (including phenoxy) is 1. The van der Waals surface area contributed by atoms with Crippen molar-refractivity contribution >= 4 is 0 Å². The fraction of sp³-hybridized carbons (Fsp3) is 1.00. The normalized spacial score (nSPS) is 25.8. The molecule has 1 atom stereocenters. The molecule has 12 heavy (non-hydrogen) atoms. The van der Waals surface area contributed by atoms with Gasteiger partial charge >= 0.3 is 0 Å². The van der Waals surface area contributed by atoms with Gasteiger partial charge in [-0.05, 0) is 31.1 Å². The number of hydrogen-bond acceptors (Lipinski definition) is 2. The highest BCUT2D eigenvalue weighted by Gasteiger charge is 2.24. The van der Waals surface area contributed by atoms with Crippen molar-refractivity contribution in [2.75, 3.05) is 13.2 Å². The second-order valence-electron chi connectivity index (χ2n) is 4.52. The molecule has 1 saturated heterocycles. The highest BCUT2D eigenvalue weighted by Crippen LogP contribution is 2.27. The van der Waals surface area contributed by atoms with Crippen molar-refractivity contribution in [3.8, 4) is 0 Å². The van der Waals surface area contributed by atoms with Crippen LogP contribution in [0.2, 0.25) is 0 Å². The SMILES string of the molecule is CC(C)(CO)C[C@H]1CCCCO1. The van der Waals surface area contributed by atoms with Gasteiger partial charge in [0.05, 0.1) is 6.10 Å². The Bertz CT molecular complexity index is 126.